The van der Waals surface area contributed by atoms with Gasteiger partial charge in [-0.1, -0.05) is 0 Å². The van der Waals surface area contributed by atoms with Crippen LogP contribution < -0.4 is 15.2 Å². The summed E-state index contributed by atoms with van der Waals surface area (Å²) in [4.78, 5) is 11.0. The number of rotatable bonds is 4. The smallest absolute Gasteiger partial charge is 0.248 e. The SMILES string of the molecule is COc1cc(OC2CC2)cc(C(N)=O)c1. The van der Waals surface area contributed by atoms with Crippen LogP contribution >= 0.6 is 0 Å². The molecule has 0 unspecified atom stereocenters. The van der Waals surface area contributed by atoms with Crippen LogP contribution in [-0.4, -0.2) is 19.1 Å². The number of carbonyl (C=O) groups is 1. The lowest BCUT2D eigenvalue weighted by atomic mass is 10.2. The van der Waals surface area contributed by atoms with E-state index in [2.05, 4.69) is 0 Å². The molecule has 0 bridgehead atoms. The maximum atomic E-state index is 11.0. The molecule has 1 fully saturated rings. The van der Waals surface area contributed by atoms with Crippen LogP contribution in [0.15, 0.2) is 18.2 Å². The van der Waals surface area contributed by atoms with Gasteiger partial charge < -0.3 is 15.2 Å². The Bertz CT molecular complexity index is 385. The molecule has 0 atom stereocenters. The van der Waals surface area contributed by atoms with Crippen LogP contribution in [0.4, 0.5) is 0 Å². The number of ether oxygens (including phenoxy) is 2. The molecule has 1 aromatic rings. The van der Waals surface area contributed by atoms with Crippen molar-refractivity contribution in [2.75, 3.05) is 7.11 Å². The van der Waals surface area contributed by atoms with Gasteiger partial charge in [0.25, 0.3) is 0 Å². The second-order valence-electron chi connectivity index (χ2n) is 3.58. The van der Waals surface area contributed by atoms with Crippen LogP contribution in [0.3, 0.4) is 0 Å². The van der Waals surface area contributed by atoms with Gasteiger partial charge in [-0.2, -0.15) is 0 Å². The summed E-state index contributed by atoms with van der Waals surface area (Å²) in [6, 6.07) is 5.00. The molecule has 1 aliphatic rings. The monoisotopic (exact) mass is 207 g/mol. The Morgan fingerprint density at radius 1 is 1.33 bits per heavy atom. The Labute approximate surface area is 88.0 Å². The minimum atomic E-state index is -0.477. The molecule has 2 rings (SSSR count). The van der Waals surface area contributed by atoms with E-state index in [0.29, 0.717) is 17.1 Å². The van der Waals surface area contributed by atoms with Crippen molar-refractivity contribution in [2.24, 2.45) is 5.73 Å². The first-order valence-corrected chi connectivity index (χ1v) is 4.84. The summed E-state index contributed by atoms with van der Waals surface area (Å²) in [6.07, 6.45) is 2.43. The van der Waals surface area contributed by atoms with E-state index in [1.54, 1.807) is 25.3 Å². The number of methoxy groups -OCH3 is 1. The molecule has 0 saturated heterocycles. The second kappa shape index (κ2) is 3.81. The normalized spacial score (nSPS) is 14.7. The topological polar surface area (TPSA) is 61.6 Å². The molecule has 0 aliphatic heterocycles. The van der Waals surface area contributed by atoms with E-state index in [9.17, 15) is 4.79 Å². The van der Waals surface area contributed by atoms with Gasteiger partial charge in [-0.3, -0.25) is 4.79 Å². The molecular formula is C11H13NO3. The predicted octanol–water partition coefficient (Wildman–Crippen LogP) is 1.34. The lowest BCUT2D eigenvalue weighted by Gasteiger charge is -2.08. The Morgan fingerprint density at radius 2 is 2.00 bits per heavy atom. The summed E-state index contributed by atoms with van der Waals surface area (Å²) in [7, 11) is 1.54. The fourth-order valence-corrected chi connectivity index (χ4v) is 1.28. The summed E-state index contributed by atoms with van der Waals surface area (Å²) in [5.41, 5.74) is 5.61. The minimum Gasteiger partial charge on any atom is -0.497 e. The average Bonchev–Trinajstić information content (AvgIpc) is 3.01. The molecule has 0 heterocycles. The van der Waals surface area contributed by atoms with Gasteiger partial charge in [0, 0.05) is 11.6 Å². The van der Waals surface area contributed by atoms with Crippen LogP contribution in [0.1, 0.15) is 23.2 Å². The maximum absolute atomic E-state index is 11.0. The molecule has 0 aromatic heterocycles. The largest absolute Gasteiger partial charge is 0.497 e. The van der Waals surface area contributed by atoms with Crippen molar-refractivity contribution < 1.29 is 14.3 Å². The van der Waals surface area contributed by atoms with Gasteiger partial charge in [0.1, 0.15) is 11.5 Å². The van der Waals surface area contributed by atoms with Gasteiger partial charge in [-0.05, 0) is 25.0 Å². The van der Waals surface area contributed by atoms with Gasteiger partial charge in [-0.15, -0.1) is 0 Å². The Balaban J connectivity index is 2.27. The highest BCUT2D eigenvalue weighted by molar-refractivity contribution is 5.93. The van der Waals surface area contributed by atoms with Crippen molar-refractivity contribution in [3.8, 4) is 11.5 Å². The van der Waals surface area contributed by atoms with Gasteiger partial charge >= 0.3 is 0 Å². The van der Waals surface area contributed by atoms with Crippen LogP contribution in [0.5, 0.6) is 11.5 Å². The maximum Gasteiger partial charge on any atom is 0.248 e. The number of carbonyl (C=O) groups excluding carboxylic acids is 1. The third-order valence-electron chi connectivity index (χ3n) is 2.23. The van der Waals surface area contributed by atoms with Crippen molar-refractivity contribution in [3.63, 3.8) is 0 Å². The van der Waals surface area contributed by atoms with E-state index in [4.69, 9.17) is 15.2 Å². The van der Waals surface area contributed by atoms with E-state index in [0.717, 1.165) is 12.8 Å². The minimum absolute atomic E-state index is 0.290. The molecule has 4 nitrogen and oxygen atoms in total. The van der Waals surface area contributed by atoms with Crippen LogP contribution in [-0.2, 0) is 0 Å². The van der Waals surface area contributed by atoms with Gasteiger partial charge in [-0.25, -0.2) is 0 Å². The second-order valence-corrected chi connectivity index (χ2v) is 3.58. The lowest BCUT2D eigenvalue weighted by Crippen LogP contribution is -2.11. The summed E-state index contributed by atoms with van der Waals surface area (Å²) in [5.74, 6) is 0.752. The third kappa shape index (κ3) is 2.40. The number of primary amides is 1. The molecule has 4 heteroatoms. The predicted molar refractivity (Wildman–Crippen MR) is 55.2 cm³/mol. The van der Waals surface area contributed by atoms with Gasteiger partial charge in [0.15, 0.2) is 0 Å². The Hall–Kier alpha value is -1.71. The highest BCUT2D eigenvalue weighted by Crippen LogP contribution is 2.29. The lowest BCUT2D eigenvalue weighted by molar-refractivity contribution is 0.0999. The molecule has 1 saturated carbocycles. The molecule has 1 amide bonds. The summed E-state index contributed by atoms with van der Waals surface area (Å²) in [5, 5.41) is 0. The molecule has 15 heavy (non-hydrogen) atoms. The molecule has 0 spiro atoms. The van der Waals surface area contributed by atoms with E-state index in [1.165, 1.54) is 0 Å². The van der Waals surface area contributed by atoms with E-state index < -0.39 is 5.91 Å². The summed E-state index contributed by atoms with van der Waals surface area (Å²) < 4.78 is 10.6. The average molecular weight is 207 g/mol. The van der Waals surface area contributed by atoms with Crippen molar-refractivity contribution >= 4 is 5.91 Å². The standard InChI is InChI=1S/C11H13NO3/c1-14-9-4-7(11(12)13)5-10(6-9)15-8-2-3-8/h4-6,8H,2-3H2,1H3,(H2,12,13). The molecule has 0 radical (unpaired) electrons. The van der Waals surface area contributed by atoms with Gasteiger partial charge in [0.2, 0.25) is 5.91 Å². The quantitative estimate of drug-likeness (QED) is 0.810. The molecule has 1 aromatic carbocycles. The van der Waals surface area contributed by atoms with Crippen molar-refractivity contribution in [1.82, 2.24) is 0 Å². The third-order valence-corrected chi connectivity index (χ3v) is 2.23. The highest BCUT2D eigenvalue weighted by atomic mass is 16.5. The zero-order valence-electron chi connectivity index (χ0n) is 8.53. The molecule has 80 valence electrons. The molecule has 2 N–H and O–H groups in total. The first-order valence-electron chi connectivity index (χ1n) is 4.84. The first kappa shape index (κ1) is 9.83. The van der Waals surface area contributed by atoms with E-state index >= 15 is 0 Å². The fourth-order valence-electron chi connectivity index (χ4n) is 1.28. The van der Waals surface area contributed by atoms with Crippen molar-refractivity contribution in [2.45, 2.75) is 18.9 Å². The van der Waals surface area contributed by atoms with Gasteiger partial charge in [0.05, 0.1) is 13.2 Å². The summed E-state index contributed by atoms with van der Waals surface area (Å²) >= 11 is 0. The van der Waals surface area contributed by atoms with Crippen LogP contribution in [0.2, 0.25) is 0 Å². The number of benzene rings is 1. The van der Waals surface area contributed by atoms with Crippen LogP contribution in [0, 0.1) is 0 Å². The molecule has 1 aliphatic carbocycles. The number of amides is 1. The highest BCUT2D eigenvalue weighted by Gasteiger charge is 2.24. The van der Waals surface area contributed by atoms with E-state index in [-0.39, 0.29) is 6.10 Å². The number of nitrogens with two attached hydrogens (primary N) is 1. The first-order chi connectivity index (χ1) is 7.19. The Kier molecular flexibility index (Phi) is 2.49. The summed E-state index contributed by atoms with van der Waals surface area (Å²) in [6.45, 7) is 0. The van der Waals surface area contributed by atoms with Crippen molar-refractivity contribution in [1.29, 1.82) is 0 Å². The molecular weight excluding hydrogens is 194 g/mol. The van der Waals surface area contributed by atoms with Crippen molar-refractivity contribution in [3.05, 3.63) is 23.8 Å². The van der Waals surface area contributed by atoms with E-state index in [1.807, 2.05) is 0 Å². The Morgan fingerprint density at radius 3 is 2.53 bits per heavy atom. The zero-order chi connectivity index (χ0) is 10.8. The number of hydrogen-bond donors (Lipinski definition) is 1. The van der Waals surface area contributed by atoms with Crippen LogP contribution in [0.25, 0.3) is 0 Å². The zero-order valence-corrected chi connectivity index (χ0v) is 8.53. The number of hydrogen-bond acceptors (Lipinski definition) is 3. The fraction of sp³-hybridized carbons (Fsp3) is 0.364.